The summed E-state index contributed by atoms with van der Waals surface area (Å²) in [6, 6.07) is 2.91. The van der Waals surface area contributed by atoms with Gasteiger partial charge in [0.25, 0.3) is 0 Å². The second-order valence-electron chi connectivity index (χ2n) is 2.13. The first-order chi connectivity index (χ1) is 5.96. The zero-order valence-electron chi connectivity index (χ0n) is 6.06. The van der Waals surface area contributed by atoms with Crippen LogP contribution in [-0.4, -0.2) is 4.98 Å². The Bertz CT molecular complexity index is 367. The summed E-state index contributed by atoms with van der Waals surface area (Å²) in [5.74, 6) is 0. The van der Waals surface area contributed by atoms with Gasteiger partial charge >= 0.3 is 6.18 Å². The van der Waals surface area contributed by atoms with Crippen molar-refractivity contribution in [3.05, 3.63) is 27.1 Å². The standard InChI is InChI=1S/C7H2F3IN2/c8-7(9,10)6-5(11)4(3-12)1-2-13-6/h1-2H. The molecule has 1 rings (SSSR count). The van der Waals surface area contributed by atoms with Crippen molar-refractivity contribution in [1.29, 1.82) is 5.26 Å². The fraction of sp³-hybridized carbons (Fsp3) is 0.143. The van der Waals surface area contributed by atoms with Gasteiger partial charge in [-0.05, 0) is 28.7 Å². The summed E-state index contributed by atoms with van der Waals surface area (Å²) in [4.78, 5) is 3.17. The highest BCUT2D eigenvalue weighted by atomic mass is 127. The van der Waals surface area contributed by atoms with Crippen LogP contribution in [0.25, 0.3) is 0 Å². The molecule has 1 heterocycles. The van der Waals surface area contributed by atoms with E-state index in [2.05, 4.69) is 4.98 Å². The zero-order chi connectivity index (χ0) is 10.1. The molecular formula is C7H2F3IN2. The maximum atomic E-state index is 12.2. The molecule has 6 heteroatoms. The third kappa shape index (κ3) is 2.09. The molecule has 0 saturated carbocycles. The van der Waals surface area contributed by atoms with E-state index in [1.54, 1.807) is 6.07 Å². The quantitative estimate of drug-likeness (QED) is 0.690. The van der Waals surface area contributed by atoms with Gasteiger partial charge in [0.2, 0.25) is 0 Å². The van der Waals surface area contributed by atoms with Crippen LogP contribution in [0.15, 0.2) is 12.3 Å². The molecule has 0 radical (unpaired) electrons. The predicted octanol–water partition coefficient (Wildman–Crippen LogP) is 2.58. The van der Waals surface area contributed by atoms with E-state index in [0.717, 1.165) is 6.20 Å². The van der Waals surface area contributed by atoms with Gasteiger partial charge in [-0.15, -0.1) is 0 Å². The smallest absolute Gasteiger partial charge is 0.251 e. The van der Waals surface area contributed by atoms with Crippen molar-refractivity contribution in [2.75, 3.05) is 0 Å². The molecule has 68 valence electrons. The van der Waals surface area contributed by atoms with Gasteiger partial charge < -0.3 is 0 Å². The Morgan fingerprint density at radius 1 is 1.46 bits per heavy atom. The SMILES string of the molecule is N#Cc1ccnc(C(F)(F)F)c1I. The molecule has 13 heavy (non-hydrogen) atoms. The van der Waals surface area contributed by atoms with Crippen molar-refractivity contribution in [2.45, 2.75) is 6.18 Å². The van der Waals surface area contributed by atoms with E-state index in [1.807, 2.05) is 0 Å². The van der Waals surface area contributed by atoms with Gasteiger partial charge in [-0.2, -0.15) is 18.4 Å². The molecule has 0 N–H and O–H groups in total. The highest BCUT2D eigenvalue weighted by Gasteiger charge is 2.35. The van der Waals surface area contributed by atoms with Gasteiger partial charge in [0.05, 0.1) is 9.13 Å². The summed E-state index contributed by atoms with van der Waals surface area (Å²) in [5, 5.41) is 8.46. The fourth-order valence-corrected chi connectivity index (χ4v) is 1.47. The number of alkyl halides is 3. The van der Waals surface area contributed by atoms with Gasteiger partial charge in [-0.3, -0.25) is 4.98 Å². The lowest BCUT2D eigenvalue weighted by Gasteiger charge is -2.07. The van der Waals surface area contributed by atoms with Crippen molar-refractivity contribution in [3.63, 3.8) is 0 Å². The van der Waals surface area contributed by atoms with Crippen LogP contribution >= 0.6 is 22.6 Å². The lowest BCUT2D eigenvalue weighted by molar-refractivity contribution is -0.141. The Morgan fingerprint density at radius 3 is 2.54 bits per heavy atom. The molecule has 1 aromatic rings. The van der Waals surface area contributed by atoms with Crippen molar-refractivity contribution in [1.82, 2.24) is 4.98 Å². The van der Waals surface area contributed by atoms with E-state index in [9.17, 15) is 13.2 Å². The maximum absolute atomic E-state index is 12.2. The van der Waals surface area contributed by atoms with Gasteiger partial charge in [-0.1, -0.05) is 0 Å². The monoisotopic (exact) mass is 298 g/mol. The van der Waals surface area contributed by atoms with Crippen LogP contribution in [0.2, 0.25) is 0 Å². The van der Waals surface area contributed by atoms with Gasteiger partial charge in [-0.25, -0.2) is 0 Å². The summed E-state index contributed by atoms with van der Waals surface area (Å²) < 4.78 is 36.4. The maximum Gasteiger partial charge on any atom is 0.434 e. The van der Waals surface area contributed by atoms with Crippen molar-refractivity contribution in [3.8, 4) is 6.07 Å². The van der Waals surface area contributed by atoms with Crippen molar-refractivity contribution in [2.24, 2.45) is 0 Å². The number of hydrogen-bond acceptors (Lipinski definition) is 2. The van der Waals surface area contributed by atoms with Crippen LogP contribution in [0.4, 0.5) is 13.2 Å². The molecule has 0 fully saturated rings. The average Bonchev–Trinajstić information content (AvgIpc) is 2.02. The topological polar surface area (TPSA) is 36.7 Å². The molecule has 0 aromatic carbocycles. The van der Waals surface area contributed by atoms with Crippen LogP contribution in [0.3, 0.4) is 0 Å². The number of hydrogen-bond donors (Lipinski definition) is 0. The highest BCUT2D eigenvalue weighted by Crippen LogP contribution is 2.31. The van der Waals surface area contributed by atoms with E-state index in [0.29, 0.717) is 0 Å². The minimum absolute atomic E-state index is 0.0112. The van der Waals surface area contributed by atoms with E-state index < -0.39 is 11.9 Å². The summed E-state index contributed by atoms with van der Waals surface area (Å²) >= 11 is 1.46. The van der Waals surface area contributed by atoms with Crippen LogP contribution in [0, 0.1) is 14.9 Å². The molecule has 1 aromatic heterocycles. The summed E-state index contributed by atoms with van der Waals surface area (Å²) in [7, 11) is 0. The Labute approximate surface area is 85.5 Å². The van der Waals surface area contributed by atoms with Crippen molar-refractivity contribution < 1.29 is 13.2 Å². The first-order valence-corrected chi connectivity index (χ1v) is 4.16. The molecule has 0 atom stereocenters. The second-order valence-corrected chi connectivity index (χ2v) is 3.21. The van der Waals surface area contributed by atoms with E-state index in [-0.39, 0.29) is 9.13 Å². The second kappa shape index (κ2) is 3.49. The molecule has 0 aliphatic carbocycles. The van der Waals surface area contributed by atoms with Crippen LogP contribution in [0.1, 0.15) is 11.3 Å². The zero-order valence-corrected chi connectivity index (χ0v) is 8.22. The number of pyridine rings is 1. The number of rotatable bonds is 0. The van der Waals surface area contributed by atoms with Crippen molar-refractivity contribution >= 4 is 22.6 Å². The lowest BCUT2D eigenvalue weighted by atomic mass is 10.2. The average molecular weight is 298 g/mol. The Hall–Kier alpha value is -0.840. The fourth-order valence-electron chi connectivity index (χ4n) is 0.728. The normalized spacial score (nSPS) is 11.0. The molecule has 0 aliphatic rings. The Morgan fingerprint density at radius 2 is 2.08 bits per heavy atom. The predicted molar refractivity (Wildman–Crippen MR) is 46.7 cm³/mol. The molecule has 0 bridgehead atoms. The molecule has 0 unspecified atom stereocenters. The van der Waals surface area contributed by atoms with E-state index >= 15 is 0 Å². The Kier molecular flexibility index (Phi) is 2.75. The minimum Gasteiger partial charge on any atom is -0.251 e. The minimum atomic E-state index is -4.50. The third-order valence-electron chi connectivity index (χ3n) is 1.28. The van der Waals surface area contributed by atoms with Crippen LogP contribution in [-0.2, 0) is 6.18 Å². The number of nitrogens with zero attached hydrogens (tertiary/aromatic N) is 2. The Balaban J connectivity index is 3.34. The molecule has 0 spiro atoms. The molecule has 0 amide bonds. The summed E-state index contributed by atoms with van der Waals surface area (Å²) in [5.41, 5.74) is -1.02. The number of halogens is 4. The third-order valence-corrected chi connectivity index (χ3v) is 2.37. The number of aromatic nitrogens is 1. The molecule has 2 nitrogen and oxygen atoms in total. The molecule has 0 saturated heterocycles. The first kappa shape index (κ1) is 10.2. The first-order valence-electron chi connectivity index (χ1n) is 3.08. The number of nitriles is 1. The highest BCUT2D eigenvalue weighted by molar-refractivity contribution is 14.1. The van der Waals surface area contributed by atoms with Gasteiger partial charge in [0.15, 0.2) is 5.69 Å². The van der Waals surface area contributed by atoms with Gasteiger partial charge in [0.1, 0.15) is 6.07 Å². The van der Waals surface area contributed by atoms with Gasteiger partial charge in [0, 0.05) is 6.20 Å². The molecule has 0 aliphatic heterocycles. The lowest BCUT2D eigenvalue weighted by Crippen LogP contribution is -2.11. The summed E-state index contributed by atoms with van der Waals surface area (Å²) in [6.07, 6.45) is -3.52. The van der Waals surface area contributed by atoms with Crippen LogP contribution in [0.5, 0.6) is 0 Å². The van der Waals surface area contributed by atoms with Crippen LogP contribution < -0.4 is 0 Å². The van der Waals surface area contributed by atoms with E-state index in [4.69, 9.17) is 5.26 Å². The largest absolute Gasteiger partial charge is 0.434 e. The van der Waals surface area contributed by atoms with E-state index in [1.165, 1.54) is 28.7 Å². The summed E-state index contributed by atoms with van der Waals surface area (Å²) in [6.45, 7) is 0. The molecular weight excluding hydrogens is 296 g/mol.